The summed E-state index contributed by atoms with van der Waals surface area (Å²) in [7, 11) is 0. The highest BCUT2D eigenvalue weighted by Crippen LogP contribution is 2.38. The molecule has 2 amide bonds. The highest BCUT2D eigenvalue weighted by Gasteiger charge is 2.31. The van der Waals surface area contributed by atoms with Crippen LogP contribution < -0.4 is 15.4 Å². The molecule has 0 aliphatic heterocycles. The maximum atomic E-state index is 12.3. The number of amides is 2. The number of carboxylic acid groups (broad SMARTS) is 2. The van der Waals surface area contributed by atoms with Crippen LogP contribution in [0, 0.1) is 20.8 Å². The van der Waals surface area contributed by atoms with Gasteiger partial charge in [-0.25, -0.2) is 9.97 Å². The van der Waals surface area contributed by atoms with Gasteiger partial charge in [0, 0.05) is 5.56 Å². The SMILES string of the molecule is Cc1nc(C(=O)NCC(=O)O)c(O)c2c(-c3ccc(OC(F)(F)F)cc3)noc12.Cc1nc(C(=O)NCC(=O)O)c(O)c2c(C)noc12. The summed E-state index contributed by atoms with van der Waals surface area (Å²) in [4.78, 5) is 52.7. The van der Waals surface area contributed by atoms with Crippen molar-refractivity contribution in [1.82, 2.24) is 30.9 Å². The van der Waals surface area contributed by atoms with Gasteiger partial charge in [0.15, 0.2) is 34.1 Å². The maximum absolute atomic E-state index is 12.3. The van der Waals surface area contributed by atoms with Crippen LogP contribution in [0.2, 0.25) is 0 Å². The Hall–Kier alpha value is -6.47. The fourth-order valence-corrected chi connectivity index (χ4v) is 4.24. The first-order chi connectivity index (χ1) is 22.5. The summed E-state index contributed by atoms with van der Waals surface area (Å²) in [6.07, 6.45) is -4.85. The topological polar surface area (TPSA) is 260 Å². The maximum Gasteiger partial charge on any atom is 0.573 e. The zero-order valence-corrected chi connectivity index (χ0v) is 24.8. The molecule has 0 unspecified atom stereocenters. The molecule has 1 aromatic carbocycles. The smallest absolute Gasteiger partial charge is 0.505 e. The zero-order chi connectivity index (χ0) is 35.5. The molecular formula is C28H23F3N6O11. The average Bonchev–Trinajstić information content (AvgIpc) is 3.63. The first kappa shape index (κ1) is 34.4. The van der Waals surface area contributed by atoms with Crippen molar-refractivity contribution in [2.24, 2.45) is 0 Å². The number of ether oxygens (including phenoxy) is 1. The molecular weight excluding hydrogens is 653 g/mol. The summed E-state index contributed by atoms with van der Waals surface area (Å²) in [6, 6.07) is 4.62. The minimum absolute atomic E-state index is 0.00228. The van der Waals surface area contributed by atoms with Gasteiger partial charge in [0.25, 0.3) is 11.8 Å². The van der Waals surface area contributed by atoms with Crippen LogP contribution in [0.5, 0.6) is 17.2 Å². The number of benzene rings is 1. The molecule has 4 heterocycles. The molecule has 6 N–H and O–H groups in total. The number of aromatic hydroxyl groups is 2. The lowest BCUT2D eigenvalue weighted by atomic mass is 10.1. The van der Waals surface area contributed by atoms with Crippen LogP contribution in [-0.2, 0) is 9.59 Å². The van der Waals surface area contributed by atoms with Crippen LogP contribution in [-0.4, -0.2) is 83.9 Å². The number of carbonyl (C=O) groups excluding carboxylic acids is 2. The molecule has 0 saturated heterocycles. The highest BCUT2D eigenvalue weighted by molar-refractivity contribution is 6.06. The molecule has 0 fully saturated rings. The number of aryl methyl sites for hydroxylation is 3. The number of nitrogens with zero attached hydrogens (tertiary/aromatic N) is 4. The Morgan fingerprint density at radius 1 is 0.750 bits per heavy atom. The van der Waals surface area contributed by atoms with Crippen molar-refractivity contribution in [2.75, 3.05) is 13.1 Å². The number of pyridine rings is 2. The van der Waals surface area contributed by atoms with Crippen molar-refractivity contribution in [3.05, 3.63) is 52.7 Å². The van der Waals surface area contributed by atoms with Gasteiger partial charge >= 0.3 is 18.3 Å². The molecule has 0 aliphatic rings. The molecule has 0 aliphatic carbocycles. The zero-order valence-electron chi connectivity index (χ0n) is 24.8. The first-order valence-corrected chi connectivity index (χ1v) is 13.3. The lowest BCUT2D eigenvalue weighted by Gasteiger charge is -2.09. The number of carbonyl (C=O) groups is 4. The summed E-state index contributed by atoms with van der Waals surface area (Å²) in [6.45, 7) is 3.45. The highest BCUT2D eigenvalue weighted by atomic mass is 19.4. The Morgan fingerprint density at radius 2 is 1.21 bits per heavy atom. The summed E-state index contributed by atoms with van der Waals surface area (Å²) in [5.41, 5.74) is 0.973. The van der Waals surface area contributed by atoms with Crippen molar-refractivity contribution in [3.8, 4) is 28.5 Å². The average molecular weight is 677 g/mol. The van der Waals surface area contributed by atoms with Gasteiger partial charge in [-0.15, -0.1) is 13.2 Å². The Balaban J connectivity index is 0.000000237. The number of aliphatic carboxylic acids is 2. The quantitative estimate of drug-likeness (QED) is 0.138. The molecule has 4 aromatic heterocycles. The lowest BCUT2D eigenvalue weighted by Crippen LogP contribution is -2.30. The fraction of sp³-hybridized carbons (Fsp3) is 0.214. The van der Waals surface area contributed by atoms with Crippen molar-refractivity contribution in [1.29, 1.82) is 0 Å². The van der Waals surface area contributed by atoms with Gasteiger partial charge in [0.1, 0.15) is 24.5 Å². The lowest BCUT2D eigenvalue weighted by molar-refractivity contribution is -0.274. The van der Waals surface area contributed by atoms with Gasteiger partial charge in [-0.1, -0.05) is 10.3 Å². The van der Waals surface area contributed by atoms with Crippen molar-refractivity contribution < 1.29 is 66.6 Å². The summed E-state index contributed by atoms with van der Waals surface area (Å²) in [5, 5.41) is 49.7. The van der Waals surface area contributed by atoms with Gasteiger partial charge in [0.05, 0.1) is 27.9 Å². The van der Waals surface area contributed by atoms with Crippen LogP contribution >= 0.6 is 0 Å². The van der Waals surface area contributed by atoms with Crippen LogP contribution in [0.1, 0.15) is 38.1 Å². The van der Waals surface area contributed by atoms with E-state index in [2.05, 4.69) is 35.7 Å². The molecule has 48 heavy (non-hydrogen) atoms. The summed E-state index contributed by atoms with van der Waals surface area (Å²) in [5.74, 6) is -5.62. The van der Waals surface area contributed by atoms with Crippen LogP contribution in [0.15, 0.2) is 33.3 Å². The van der Waals surface area contributed by atoms with Crippen LogP contribution in [0.25, 0.3) is 33.2 Å². The number of alkyl halides is 3. The van der Waals surface area contributed by atoms with E-state index < -0.39 is 60.4 Å². The van der Waals surface area contributed by atoms with Gasteiger partial charge in [-0.05, 0) is 45.0 Å². The number of aromatic nitrogens is 4. The van der Waals surface area contributed by atoms with Crippen LogP contribution in [0.3, 0.4) is 0 Å². The number of halogens is 3. The van der Waals surface area contributed by atoms with Gasteiger partial charge in [-0.3, -0.25) is 19.2 Å². The predicted molar refractivity (Wildman–Crippen MR) is 153 cm³/mol. The third-order valence-electron chi connectivity index (χ3n) is 6.29. The Kier molecular flexibility index (Phi) is 9.67. The van der Waals surface area contributed by atoms with E-state index in [1.807, 2.05) is 0 Å². The predicted octanol–water partition coefficient (Wildman–Crippen LogP) is 2.98. The van der Waals surface area contributed by atoms with Crippen molar-refractivity contribution in [3.63, 3.8) is 0 Å². The summed E-state index contributed by atoms with van der Waals surface area (Å²) < 4.78 is 50.8. The molecule has 0 bridgehead atoms. The van der Waals surface area contributed by atoms with Gasteiger partial charge in [-0.2, -0.15) is 0 Å². The largest absolute Gasteiger partial charge is 0.573 e. The third-order valence-corrected chi connectivity index (χ3v) is 6.29. The number of hydrogen-bond acceptors (Lipinski definition) is 13. The number of rotatable bonds is 8. The monoisotopic (exact) mass is 676 g/mol. The van der Waals surface area contributed by atoms with E-state index in [-0.39, 0.29) is 39.4 Å². The molecule has 252 valence electrons. The van der Waals surface area contributed by atoms with Gasteiger partial charge in [0.2, 0.25) is 0 Å². The Labute approximate surface area is 264 Å². The van der Waals surface area contributed by atoms with E-state index in [1.54, 1.807) is 13.8 Å². The number of carboxylic acids is 2. The molecule has 20 heteroatoms. The second-order valence-corrected chi connectivity index (χ2v) is 9.72. The summed E-state index contributed by atoms with van der Waals surface area (Å²) >= 11 is 0. The van der Waals surface area contributed by atoms with E-state index >= 15 is 0 Å². The second kappa shape index (κ2) is 13.5. The third kappa shape index (κ3) is 7.49. The van der Waals surface area contributed by atoms with Crippen LogP contribution in [0.4, 0.5) is 13.2 Å². The minimum atomic E-state index is -4.85. The molecule has 0 saturated carbocycles. The number of fused-ring (bicyclic) bond motifs is 2. The van der Waals surface area contributed by atoms with Crippen molar-refractivity contribution in [2.45, 2.75) is 27.1 Å². The first-order valence-electron chi connectivity index (χ1n) is 13.3. The molecule has 5 aromatic rings. The molecule has 0 spiro atoms. The number of hydrogen-bond donors (Lipinski definition) is 6. The molecule has 0 radical (unpaired) electrons. The molecule has 17 nitrogen and oxygen atoms in total. The van der Waals surface area contributed by atoms with Crippen molar-refractivity contribution >= 4 is 45.7 Å². The van der Waals surface area contributed by atoms with Gasteiger partial charge < -0.3 is 44.8 Å². The standard InChI is InChI=1S/C17H12F3N3O6.C11H11N3O5/c1-7-15-11(14(26)13(22-7)16(27)21-6-10(24)25)12(23-29-15)8-2-4-9(5-3-8)28-17(18,19)20;1-4-7-9(17)8(11(18)12-3-6(15)16)13-5(2)10(7)19-14-4/h2-5,26H,6H2,1H3,(H,21,27)(H,24,25);17H,3H2,1-2H3,(H,12,18)(H,15,16). The Bertz CT molecular complexity index is 2060. The van der Waals surface area contributed by atoms with E-state index in [0.29, 0.717) is 22.4 Å². The molecule has 5 rings (SSSR count). The van der Waals surface area contributed by atoms with E-state index in [4.69, 9.17) is 19.3 Å². The number of nitrogens with one attached hydrogen (secondary N) is 2. The Morgan fingerprint density at radius 3 is 1.69 bits per heavy atom. The molecule has 0 atom stereocenters. The van der Waals surface area contributed by atoms with E-state index in [9.17, 15) is 42.6 Å². The van der Waals surface area contributed by atoms with E-state index in [1.165, 1.54) is 19.1 Å². The normalized spacial score (nSPS) is 11.1. The fourth-order valence-electron chi connectivity index (χ4n) is 4.24. The minimum Gasteiger partial charge on any atom is -0.505 e. The second-order valence-electron chi connectivity index (χ2n) is 9.72. The van der Waals surface area contributed by atoms with E-state index in [0.717, 1.165) is 12.1 Å².